The molecule has 1 aromatic carbocycles. The predicted molar refractivity (Wildman–Crippen MR) is 82.5 cm³/mol. The highest BCUT2D eigenvalue weighted by molar-refractivity contribution is 9.10. The zero-order chi connectivity index (χ0) is 15.1. The Morgan fingerprint density at radius 3 is 2.76 bits per heavy atom. The molecule has 21 heavy (non-hydrogen) atoms. The zero-order valence-electron chi connectivity index (χ0n) is 11.2. The maximum atomic E-state index is 10.9. The Bertz CT molecular complexity index is 592. The van der Waals surface area contributed by atoms with Gasteiger partial charge in [0.15, 0.2) is 0 Å². The van der Waals surface area contributed by atoms with E-state index < -0.39 is 6.09 Å². The molecule has 2 rings (SSSR count). The molecule has 0 fully saturated rings. The monoisotopic (exact) mass is 350 g/mol. The molecule has 0 spiro atoms. The number of amides is 1. The van der Waals surface area contributed by atoms with Gasteiger partial charge in [-0.3, -0.25) is 4.98 Å². The molecule has 1 atom stereocenters. The summed E-state index contributed by atoms with van der Waals surface area (Å²) in [7, 11) is 0. The molecule has 0 aliphatic rings. The molecule has 1 heterocycles. The fraction of sp³-hybridized carbons (Fsp3) is 0.200. The summed E-state index contributed by atoms with van der Waals surface area (Å²) in [6.45, 7) is 0.235. The van der Waals surface area contributed by atoms with Crippen LogP contribution in [0.1, 0.15) is 5.56 Å². The van der Waals surface area contributed by atoms with E-state index in [1.165, 1.54) is 0 Å². The first-order chi connectivity index (χ1) is 10.1. The van der Waals surface area contributed by atoms with Crippen molar-refractivity contribution in [2.75, 3.05) is 6.61 Å². The van der Waals surface area contributed by atoms with E-state index in [2.05, 4.69) is 26.2 Å². The molecule has 1 aromatic heterocycles. The highest BCUT2D eigenvalue weighted by Gasteiger charge is 2.13. The van der Waals surface area contributed by atoms with Crippen molar-refractivity contribution in [3.8, 4) is 5.75 Å². The second-order valence-electron chi connectivity index (χ2n) is 4.49. The maximum Gasteiger partial charge on any atom is 0.405 e. The summed E-state index contributed by atoms with van der Waals surface area (Å²) in [5, 5.41) is 11.4. The number of carboxylic acid groups (broad SMARTS) is 1. The lowest BCUT2D eigenvalue weighted by Gasteiger charge is -2.17. The Morgan fingerprint density at radius 2 is 2.10 bits per heavy atom. The van der Waals surface area contributed by atoms with Crippen LogP contribution in [-0.2, 0) is 6.42 Å². The average Bonchev–Trinajstić information content (AvgIpc) is 2.45. The number of rotatable bonds is 6. The van der Waals surface area contributed by atoms with Gasteiger partial charge in [0.25, 0.3) is 0 Å². The molecule has 0 radical (unpaired) electrons. The second-order valence-corrected chi connectivity index (χ2v) is 5.40. The van der Waals surface area contributed by atoms with Gasteiger partial charge in [-0.15, -0.1) is 0 Å². The van der Waals surface area contributed by atoms with Crippen molar-refractivity contribution in [1.82, 2.24) is 10.3 Å². The lowest BCUT2D eigenvalue weighted by Crippen LogP contribution is -2.39. The van der Waals surface area contributed by atoms with Crippen LogP contribution in [0.25, 0.3) is 0 Å². The van der Waals surface area contributed by atoms with Gasteiger partial charge in [-0.1, -0.05) is 30.3 Å². The van der Waals surface area contributed by atoms with Crippen LogP contribution in [0.15, 0.2) is 53.3 Å². The smallest absolute Gasteiger partial charge is 0.405 e. The normalized spacial score (nSPS) is 11.7. The Balaban J connectivity index is 1.97. The lowest BCUT2D eigenvalue weighted by molar-refractivity contribution is 0.180. The fourth-order valence-corrected chi connectivity index (χ4v) is 2.24. The number of halogens is 1. The number of ether oxygens (including phenoxy) is 1. The molecule has 0 saturated carbocycles. The summed E-state index contributed by atoms with van der Waals surface area (Å²) in [5.74, 6) is 0.592. The van der Waals surface area contributed by atoms with Crippen molar-refractivity contribution in [2.24, 2.45) is 0 Å². The van der Waals surface area contributed by atoms with Crippen molar-refractivity contribution < 1.29 is 14.6 Å². The van der Waals surface area contributed by atoms with Gasteiger partial charge in [0.05, 0.1) is 12.2 Å². The van der Waals surface area contributed by atoms with Crippen LogP contribution in [0.4, 0.5) is 4.79 Å². The third-order valence-corrected chi connectivity index (χ3v) is 3.22. The van der Waals surface area contributed by atoms with Crippen LogP contribution in [0.3, 0.4) is 0 Å². The van der Waals surface area contributed by atoms with E-state index in [1.54, 1.807) is 18.5 Å². The summed E-state index contributed by atoms with van der Waals surface area (Å²) >= 11 is 3.31. The van der Waals surface area contributed by atoms with Crippen LogP contribution >= 0.6 is 15.9 Å². The largest absolute Gasteiger partial charge is 0.490 e. The fourth-order valence-electron chi connectivity index (χ4n) is 1.89. The molecule has 0 saturated heterocycles. The molecule has 2 N–H and O–H groups in total. The van der Waals surface area contributed by atoms with Crippen molar-refractivity contribution in [3.05, 3.63) is 58.8 Å². The Morgan fingerprint density at radius 1 is 1.33 bits per heavy atom. The standard InChI is InChI=1S/C15H15BrN2O3/c16-12-7-14(9-17-8-12)21-10-13(18-15(19)20)6-11-4-2-1-3-5-11/h1-5,7-9,13,18H,6,10H2,(H,19,20). The number of pyridine rings is 1. The quantitative estimate of drug-likeness (QED) is 0.839. The van der Waals surface area contributed by atoms with Crippen LogP contribution < -0.4 is 10.1 Å². The molecular weight excluding hydrogens is 336 g/mol. The summed E-state index contributed by atoms with van der Waals surface area (Å²) in [5.41, 5.74) is 1.05. The molecule has 6 heteroatoms. The number of hydrogen-bond acceptors (Lipinski definition) is 3. The van der Waals surface area contributed by atoms with Crippen LogP contribution in [0, 0.1) is 0 Å². The highest BCUT2D eigenvalue weighted by Crippen LogP contribution is 2.16. The van der Waals surface area contributed by atoms with Gasteiger partial charge >= 0.3 is 6.09 Å². The predicted octanol–water partition coefficient (Wildman–Crippen LogP) is 3.10. The zero-order valence-corrected chi connectivity index (χ0v) is 12.8. The van der Waals surface area contributed by atoms with Gasteiger partial charge in [-0.05, 0) is 34.0 Å². The third-order valence-electron chi connectivity index (χ3n) is 2.78. The van der Waals surface area contributed by atoms with Gasteiger partial charge in [0, 0.05) is 10.7 Å². The number of hydrogen-bond donors (Lipinski definition) is 2. The first-order valence-electron chi connectivity index (χ1n) is 6.40. The molecule has 1 unspecified atom stereocenters. The van der Waals surface area contributed by atoms with Crippen LogP contribution in [-0.4, -0.2) is 28.8 Å². The van der Waals surface area contributed by atoms with E-state index in [0.29, 0.717) is 12.2 Å². The molecule has 0 aliphatic heterocycles. The van der Waals surface area contributed by atoms with Crippen LogP contribution in [0.5, 0.6) is 5.75 Å². The van der Waals surface area contributed by atoms with Crippen LogP contribution in [0.2, 0.25) is 0 Å². The van der Waals surface area contributed by atoms with E-state index in [0.717, 1.165) is 10.0 Å². The summed E-state index contributed by atoms with van der Waals surface area (Å²) < 4.78 is 6.41. The van der Waals surface area contributed by atoms with Crippen molar-refractivity contribution in [1.29, 1.82) is 0 Å². The molecule has 5 nitrogen and oxygen atoms in total. The molecule has 0 bridgehead atoms. The van der Waals surface area contributed by atoms with E-state index in [1.807, 2.05) is 30.3 Å². The number of aromatic nitrogens is 1. The van der Waals surface area contributed by atoms with E-state index >= 15 is 0 Å². The minimum Gasteiger partial charge on any atom is -0.490 e. The van der Waals surface area contributed by atoms with Gasteiger partial charge < -0.3 is 15.2 Å². The highest BCUT2D eigenvalue weighted by atomic mass is 79.9. The van der Waals surface area contributed by atoms with Crippen molar-refractivity contribution >= 4 is 22.0 Å². The van der Waals surface area contributed by atoms with Gasteiger partial charge in [-0.25, -0.2) is 4.79 Å². The first kappa shape index (κ1) is 15.3. The van der Waals surface area contributed by atoms with Crippen molar-refractivity contribution in [3.63, 3.8) is 0 Å². The number of carbonyl (C=O) groups is 1. The Labute approximate surface area is 131 Å². The van der Waals surface area contributed by atoms with Gasteiger partial charge in [-0.2, -0.15) is 0 Å². The number of nitrogens with one attached hydrogen (secondary N) is 1. The third kappa shape index (κ3) is 5.43. The molecular formula is C15H15BrN2O3. The minimum absolute atomic E-state index is 0.235. The first-order valence-corrected chi connectivity index (χ1v) is 7.19. The molecule has 110 valence electrons. The lowest BCUT2D eigenvalue weighted by atomic mass is 10.1. The van der Waals surface area contributed by atoms with E-state index in [9.17, 15) is 4.79 Å². The summed E-state index contributed by atoms with van der Waals surface area (Å²) in [6, 6.07) is 11.1. The molecule has 0 aliphatic carbocycles. The van der Waals surface area contributed by atoms with Gasteiger partial charge in [0.2, 0.25) is 0 Å². The van der Waals surface area contributed by atoms with Crippen molar-refractivity contribution in [2.45, 2.75) is 12.5 Å². The number of benzene rings is 1. The van der Waals surface area contributed by atoms with E-state index in [4.69, 9.17) is 9.84 Å². The minimum atomic E-state index is -1.06. The van der Waals surface area contributed by atoms with E-state index in [-0.39, 0.29) is 12.6 Å². The second kappa shape index (κ2) is 7.64. The topological polar surface area (TPSA) is 71.5 Å². The Hall–Kier alpha value is -2.08. The Kier molecular flexibility index (Phi) is 5.57. The number of nitrogens with zero attached hydrogens (tertiary/aromatic N) is 1. The molecule has 2 aromatic rings. The van der Waals surface area contributed by atoms with Gasteiger partial charge in [0.1, 0.15) is 12.4 Å². The maximum absolute atomic E-state index is 10.9. The SMILES string of the molecule is O=C(O)NC(COc1cncc(Br)c1)Cc1ccccc1. The molecule has 1 amide bonds. The average molecular weight is 351 g/mol. The summed E-state index contributed by atoms with van der Waals surface area (Å²) in [6.07, 6.45) is 2.75. The summed E-state index contributed by atoms with van der Waals surface area (Å²) in [4.78, 5) is 14.9.